The summed E-state index contributed by atoms with van der Waals surface area (Å²) < 4.78 is 5.82. The molecule has 2 aromatic rings. The molecule has 2 rings (SSSR count). The molecular weight excluding hydrogens is 394 g/mol. The second-order valence-corrected chi connectivity index (χ2v) is 9.14. The van der Waals surface area contributed by atoms with Crippen LogP contribution in [0.4, 0.5) is 4.79 Å². The Bertz CT molecular complexity index is 826. The molecule has 7 heteroatoms. The summed E-state index contributed by atoms with van der Waals surface area (Å²) in [6, 6.07) is 7.70. The molecule has 7 nitrogen and oxygen atoms in total. The van der Waals surface area contributed by atoms with Gasteiger partial charge in [0.05, 0.1) is 18.9 Å². The van der Waals surface area contributed by atoms with E-state index >= 15 is 0 Å². The highest BCUT2D eigenvalue weighted by molar-refractivity contribution is 5.68. The number of carbonyl (C=O) groups is 1. The average Bonchev–Trinajstić information content (AvgIpc) is 3.20. The molecule has 0 radical (unpaired) electrons. The molecule has 3 N–H and O–H groups in total. The maximum atomic E-state index is 12.0. The summed E-state index contributed by atoms with van der Waals surface area (Å²) in [7, 11) is 0. The van der Waals surface area contributed by atoms with Crippen molar-refractivity contribution in [3.8, 4) is 17.0 Å². The van der Waals surface area contributed by atoms with Gasteiger partial charge in [-0.05, 0) is 58.4 Å². The summed E-state index contributed by atoms with van der Waals surface area (Å²) in [6.45, 7) is 9.57. The molecule has 0 aliphatic rings. The van der Waals surface area contributed by atoms with Crippen LogP contribution in [0, 0.1) is 0 Å². The van der Waals surface area contributed by atoms with Crippen LogP contribution in [0.1, 0.15) is 72.5 Å². The van der Waals surface area contributed by atoms with Crippen molar-refractivity contribution in [1.29, 1.82) is 0 Å². The summed E-state index contributed by atoms with van der Waals surface area (Å²) >= 11 is 0. The SMILES string of the molecule is CCCCCCCOc1ccc(-c2c[nH]c([C@](C)(CO)N(C(=O)O)C(C)(C)C)n2)cc1. The Hall–Kier alpha value is -2.54. The number of hydrogen-bond acceptors (Lipinski definition) is 4. The van der Waals surface area contributed by atoms with E-state index in [9.17, 15) is 15.0 Å². The first kappa shape index (κ1) is 24.7. The van der Waals surface area contributed by atoms with Crippen molar-refractivity contribution in [2.24, 2.45) is 0 Å². The van der Waals surface area contributed by atoms with Crippen molar-refractivity contribution in [2.75, 3.05) is 13.2 Å². The lowest BCUT2D eigenvalue weighted by Crippen LogP contribution is -2.58. The predicted octanol–water partition coefficient (Wildman–Crippen LogP) is 5.41. The largest absolute Gasteiger partial charge is 0.494 e. The Morgan fingerprint density at radius 1 is 1.10 bits per heavy atom. The van der Waals surface area contributed by atoms with Gasteiger partial charge in [-0.15, -0.1) is 0 Å². The topological polar surface area (TPSA) is 98.7 Å². The predicted molar refractivity (Wildman–Crippen MR) is 122 cm³/mol. The molecule has 0 unspecified atom stereocenters. The molecule has 0 bridgehead atoms. The van der Waals surface area contributed by atoms with Gasteiger partial charge in [0.2, 0.25) is 0 Å². The van der Waals surface area contributed by atoms with Crippen molar-refractivity contribution < 1.29 is 19.7 Å². The molecule has 31 heavy (non-hydrogen) atoms. The average molecular weight is 432 g/mol. The van der Waals surface area contributed by atoms with Gasteiger partial charge in [-0.3, -0.25) is 4.90 Å². The van der Waals surface area contributed by atoms with Gasteiger partial charge in [0, 0.05) is 17.3 Å². The maximum Gasteiger partial charge on any atom is 0.408 e. The highest BCUT2D eigenvalue weighted by Crippen LogP contribution is 2.34. The number of amides is 1. The zero-order valence-electron chi connectivity index (χ0n) is 19.4. The van der Waals surface area contributed by atoms with Gasteiger partial charge in [-0.25, -0.2) is 9.78 Å². The number of carboxylic acid groups (broad SMARTS) is 1. The third-order valence-corrected chi connectivity index (χ3v) is 5.42. The van der Waals surface area contributed by atoms with Gasteiger partial charge in [0.15, 0.2) is 0 Å². The normalized spacial score (nSPS) is 13.6. The van der Waals surface area contributed by atoms with E-state index in [1.165, 1.54) is 30.6 Å². The van der Waals surface area contributed by atoms with E-state index in [2.05, 4.69) is 16.9 Å². The van der Waals surface area contributed by atoms with E-state index in [-0.39, 0.29) is 0 Å². The fraction of sp³-hybridized carbons (Fsp3) is 0.583. The van der Waals surface area contributed by atoms with Gasteiger partial charge in [0.25, 0.3) is 0 Å². The molecule has 0 aliphatic heterocycles. The van der Waals surface area contributed by atoms with E-state index in [1.807, 2.05) is 24.3 Å². The lowest BCUT2D eigenvalue weighted by molar-refractivity contribution is -0.0135. The Kier molecular flexibility index (Phi) is 8.51. The fourth-order valence-corrected chi connectivity index (χ4v) is 3.85. The van der Waals surface area contributed by atoms with E-state index in [0.717, 1.165) is 17.7 Å². The molecule has 172 valence electrons. The smallest absolute Gasteiger partial charge is 0.408 e. The first-order chi connectivity index (χ1) is 14.6. The van der Waals surface area contributed by atoms with Crippen LogP contribution in [0.3, 0.4) is 0 Å². The molecule has 0 saturated heterocycles. The number of imidazole rings is 1. The number of aromatic amines is 1. The van der Waals surface area contributed by atoms with E-state index in [1.54, 1.807) is 33.9 Å². The fourth-order valence-electron chi connectivity index (χ4n) is 3.85. The van der Waals surface area contributed by atoms with Gasteiger partial charge in [0.1, 0.15) is 17.1 Å². The van der Waals surface area contributed by atoms with Crippen LogP contribution >= 0.6 is 0 Å². The van der Waals surface area contributed by atoms with Crippen molar-refractivity contribution in [2.45, 2.75) is 77.8 Å². The number of aliphatic hydroxyl groups is 1. The van der Waals surface area contributed by atoms with Crippen LogP contribution in [0.5, 0.6) is 5.75 Å². The number of H-pyrrole nitrogens is 1. The van der Waals surface area contributed by atoms with Crippen LogP contribution in [0.15, 0.2) is 30.5 Å². The molecule has 0 spiro atoms. The first-order valence-electron chi connectivity index (χ1n) is 11.1. The Morgan fingerprint density at radius 3 is 2.29 bits per heavy atom. The molecule has 0 saturated carbocycles. The van der Waals surface area contributed by atoms with Crippen LogP contribution in [-0.4, -0.2) is 49.9 Å². The number of aromatic nitrogens is 2. The molecular formula is C24H37N3O4. The summed E-state index contributed by atoms with van der Waals surface area (Å²) in [5.74, 6) is 1.22. The van der Waals surface area contributed by atoms with Crippen molar-refractivity contribution in [1.82, 2.24) is 14.9 Å². The molecule has 0 aliphatic carbocycles. The minimum absolute atomic E-state index is 0.394. The summed E-state index contributed by atoms with van der Waals surface area (Å²) in [6.07, 6.45) is 6.62. The summed E-state index contributed by atoms with van der Waals surface area (Å²) in [4.78, 5) is 20.9. The van der Waals surface area contributed by atoms with Crippen LogP contribution in [-0.2, 0) is 5.54 Å². The summed E-state index contributed by atoms with van der Waals surface area (Å²) in [5, 5.41) is 19.9. The molecule has 1 aromatic heterocycles. The minimum atomic E-state index is -1.21. The molecule has 1 aromatic carbocycles. The first-order valence-corrected chi connectivity index (χ1v) is 11.1. The van der Waals surface area contributed by atoms with Crippen LogP contribution in [0.2, 0.25) is 0 Å². The lowest BCUT2D eigenvalue weighted by Gasteiger charge is -2.44. The van der Waals surface area contributed by atoms with Crippen LogP contribution < -0.4 is 4.74 Å². The van der Waals surface area contributed by atoms with Gasteiger partial charge in [-0.2, -0.15) is 0 Å². The number of benzene rings is 1. The Labute approximate surface area is 185 Å². The number of rotatable bonds is 11. The third kappa shape index (κ3) is 6.23. The number of unbranched alkanes of at least 4 members (excludes halogenated alkanes) is 4. The number of aliphatic hydroxyl groups excluding tert-OH is 1. The second kappa shape index (κ2) is 10.7. The van der Waals surface area contributed by atoms with Crippen molar-refractivity contribution in [3.63, 3.8) is 0 Å². The van der Waals surface area contributed by atoms with Crippen molar-refractivity contribution >= 4 is 6.09 Å². The highest BCUT2D eigenvalue weighted by Gasteiger charge is 2.45. The van der Waals surface area contributed by atoms with E-state index in [4.69, 9.17) is 4.74 Å². The number of ether oxygens (including phenoxy) is 1. The second-order valence-electron chi connectivity index (χ2n) is 9.14. The molecule has 1 atom stereocenters. The van der Waals surface area contributed by atoms with Crippen molar-refractivity contribution in [3.05, 3.63) is 36.3 Å². The zero-order valence-corrected chi connectivity index (χ0v) is 19.4. The molecule has 1 heterocycles. The van der Waals surface area contributed by atoms with Gasteiger partial charge >= 0.3 is 6.09 Å². The number of hydrogen-bond donors (Lipinski definition) is 3. The lowest BCUT2D eigenvalue weighted by atomic mass is 9.93. The monoisotopic (exact) mass is 431 g/mol. The van der Waals surface area contributed by atoms with Crippen LogP contribution in [0.25, 0.3) is 11.3 Å². The maximum absolute atomic E-state index is 12.0. The van der Waals surface area contributed by atoms with Gasteiger partial charge in [-0.1, -0.05) is 32.6 Å². The Morgan fingerprint density at radius 2 is 1.74 bits per heavy atom. The molecule has 1 amide bonds. The summed E-state index contributed by atoms with van der Waals surface area (Å²) in [5.41, 5.74) is -0.356. The highest BCUT2D eigenvalue weighted by atomic mass is 16.5. The number of nitrogens with zero attached hydrogens (tertiary/aromatic N) is 2. The zero-order chi connectivity index (χ0) is 23.1. The standard InChI is InChI=1S/C24H37N3O4/c1-6-7-8-9-10-15-31-19-13-11-18(12-14-19)20-16-25-21(26-20)24(5,17-28)27(22(29)30)23(2,3)4/h11-14,16,28H,6-10,15,17H2,1-5H3,(H,25,26)(H,29,30)/t24-/m0/s1. The minimum Gasteiger partial charge on any atom is -0.494 e. The van der Waals surface area contributed by atoms with E-state index in [0.29, 0.717) is 18.1 Å². The Balaban J connectivity index is 2.11. The number of nitrogens with one attached hydrogen (secondary N) is 1. The molecule has 0 fully saturated rings. The van der Waals surface area contributed by atoms with Gasteiger partial charge < -0.3 is 19.9 Å². The van der Waals surface area contributed by atoms with E-state index < -0.39 is 23.8 Å². The third-order valence-electron chi connectivity index (χ3n) is 5.42. The quantitative estimate of drug-likeness (QED) is 0.413.